The minimum atomic E-state index is -4.68. The maximum Gasteiger partial charge on any atom is 0.419 e. The molecule has 0 heterocycles. The molecule has 0 aliphatic carbocycles. The Morgan fingerprint density at radius 3 is 2.43 bits per heavy atom. The van der Waals surface area contributed by atoms with Crippen molar-refractivity contribution >= 4 is 15.9 Å². The fourth-order valence-electron chi connectivity index (χ4n) is 2.12. The van der Waals surface area contributed by atoms with Gasteiger partial charge in [0.25, 0.3) is 0 Å². The van der Waals surface area contributed by atoms with E-state index in [1.807, 2.05) is 31.2 Å². The molecule has 0 amide bonds. The van der Waals surface area contributed by atoms with E-state index in [0.29, 0.717) is 12.0 Å². The summed E-state index contributed by atoms with van der Waals surface area (Å²) in [7, 11) is 0. The van der Waals surface area contributed by atoms with Crippen LogP contribution >= 0.6 is 15.9 Å². The zero-order valence-corrected chi connectivity index (χ0v) is 12.8. The molecular formula is C16H13BrF4. The molecule has 0 aliphatic heterocycles. The van der Waals surface area contributed by atoms with Gasteiger partial charge < -0.3 is 0 Å². The van der Waals surface area contributed by atoms with E-state index in [4.69, 9.17) is 0 Å². The van der Waals surface area contributed by atoms with Gasteiger partial charge in [0.05, 0.1) is 5.56 Å². The van der Waals surface area contributed by atoms with Crippen molar-refractivity contribution < 1.29 is 17.6 Å². The van der Waals surface area contributed by atoms with Crippen LogP contribution in [0.5, 0.6) is 0 Å². The van der Waals surface area contributed by atoms with E-state index in [9.17, 15) is 17.6 Å². The standard InChI is InChI=1S/C16H13BrF4/c1-10-3-2-4-11(7-10)8-14(17)12-5-6-15(18)13(9-12)16(19,20)21/h2-7,9,14H,8H2,1H3. The molecule has 0 bridgehead atoms. The van der Waals surface area contributed by atoms with Crippen LogP contribution in [0.3, 0.4) is 0 Å². The Hall–Kier alpha value is -1.36. The molecule has 2 aromatic carbocycles. The van der Waals surface area contributed by atoms with Crippen molar-refractivity contribution in [2.75, 3.05) is 0 Å². The molecule has 0 fully saturated rings. The highest BCUT2D eigenvalue weighted by Crippen LogP contribution is 2.35. The smallest absolute Gasteiger partial charge is 0.206 e. The van der Waals surface area contributed by atoms with Gasteiger partial charge in [0, 0.05) is 4.83 Å². The summed E-state index contributed by atoms with van der Waals surface area (Å²) in [5.41, 5.74) is 1.27. The van der Waals surface area contributed by atoms with Crippen LogP contribution in [0.15, 0.2) is 42.5 Å². The molecule has 21 heavy (non-hydrogen) atoms. The Morgan fingerprint density at radius 1 is 1.10 bits per heavy atom. The molecule has 0 aromatic heterocycles. The summed E-state index contributed by atoms with van der Waals surface area (Å²) in [5.74, 6) is -1.25. The molecule has 0 saturated heterocycles. The summed E-state index contributed by atoms with van der Waals surface area (Å²) in [6, 6.07) is 10.8. The summed E-state index contributed by atoms with van der Waals surface area (Å²) in [5, 5.41) is 0. The number of halogens is 5. The van der Waals surface area contributed by atoms with E-state index in [1.165, 1.54) is 6.07 Å². The third-order valence-electron chi connectivity index (χ3n) is 3.15. The lowest BCUT2D eigenvalue weighted by atomic mass is 10.0. The van der Waals surface area contributed by atoms with Crippen molar-refractivity contribution in [2.24, 2.45) is 0 Å². The van der Waals surface area contributed by atoms with E-state index in [0.717, 1.165) is 23.3 Å². The van der Waals surface area contributed by atoms with Gasteiger partial charge in [-0.15, -0.1) is 0 Å². The van der Waals surface area contributed by atoms with Gasteiger partial charge in [-0.25, -0.2) is 4.39 Å². The molecule has 1 unspecified atom stereocenters. The molecule has 0 N–H and O–H groups in total. The molecular weight excluding hydrogens is 348 g/mol. The van der Waals surface area contributed by atoms with Crippen LogP contribution in [0.1, 0.15) is 27.1 Å². The molecule has 0 nitrogen and oxygen atoms in total. The maximum atomic E-state index is 13.3. The highest BCUT2D eigenvalue weighted by Gasteiger charge is 2.34. The first kappa shape index (κ1) is 16.0. The first-order chi connectivity index (χ1) is 9.77. The topological polar surface area (TPSA) is 0 Å². The van der Waals surface area contributed by atoms with E-state index in [2.05, 4.69) is 15.9 Å². The van der Waals surface area contributed by atoms with Gasteiger partial charge in [0.2, 0.25) is 0 Å². The maximum absolute atomic E-state index is 13.3. The zero-order chi connectivity index (χ0) is 15.6. The number of hydrogen-bond donors (Lipinski definition) is 0. The number of benzene rings is 2. The number of aryl methyl sites for hydroxylation is 1. The lowest BCUT2D eigenvalue weighted by molar-refractivity contribution is -0.140. The van der Waals surface area contributed by atoms with Crippen molar-refractivity contribution in [3.63, 3.8) is 0 Å². The summed E-state index contributed by atoms with van der Waals surface area (Å²) >= 11 is 3.38. The quantitative estimate of drug-likeness (QED) is 0.477. The van der Waals surface area contributed by atoms with Crippen molar-refractivity contribution in [2.45, 2.75) is 24.3 Å². The van der Waals surface area contributed by atoms with Crippen molar-refractivity contribution in [3.05, 3.63) is 70.5 Å². The first-order valence-corrected chi connectivity index (χ1v) is 7.25. The molecule has 0 saturated carbocycles. The molecule has 0 spiro atoms. The Kier molecular flexibility index (Phi) is 4.71. The predicted octanol–water partition coefficient (Wildman–Crippen LogP) is 5.83. The second-order valence-corrected chi connectivity index (χ2v) is 6.00. The number of rotatable bonds is 3. The first-order valence-electron chi connectivity index (χ1n) is 6.33. The fourth-order valence-corrected chi connectivity index (χ4v) is 2.78. The van der Waals surface area contributed by atoms with Crippen LogP contribution in [0, 0.1) is 12.7 Å². The van der Waals surface area contributed by atoms with Gasteiger partial charge in [-0.1, -0.05) is 51.8 Å². The van der Waals surface area contributed by atoms with Gasteiger partial charge in [0.1, 0.15) is 5.82 Å². The molecule has 112 valence electrons. The molecule has 1 atom stereocenters. The second-order valence-electron chi connectivity index (χ2n) is 4.90. The zero-order valence-electron chi connectivity index (χ0n) is 11.2. The Labute approximate surface area is 128 Å². The lowest BCUT2D eigenvalue weighted by Crippen LogP contribution is -2.09. The fraction of sp³-hybridized carbons (Fsp3) is 0.250. The molecule has 5 heteroatoms. The van der Waals surface area contributed by atoms with E-state index in [-0.39, 0.29) is 4.83 Å². The summed E-state index contributed by atoms with van der Waals surface area (Å²) in [6.07, 6.45) is -4.15. The molecule has 0 radical (unpaired) electrons. The number of hydrogen-bond acceptors (Lipinski definition) is 0. The summed E-state index contributed by atoms with van der Waals surface area (Å²) in [6.45, 7) is 1.95. The monoisotopic (exact) mass is 360 g/mol. The van der Waals surface area contributed by atoms with Gasteiger partial charge in [-0.3, -0.25) is 0 Å². The van der Waals surface area contributed by atoms with Crippen LogP contribution in [-0.4, -0.2) is 0 Å². The minimum Gasteiger partial charge on any atom is -0.206 e. The molecule has 0 aliphatic rings. The highest BCUT2D eigenvalue weighted by atomic mass is 79.9. The average molecular weight is 361 g/mol. The second kappa shape index (κ2) is 6.18. The summed E-state index contributed by atoms with van der Waals surface area (Å²) < 4.78 is 51.4. The third-order valence-corrected chi connectivity index (χ3v) is 4.01. The number of alkyl halides is 4. The van der Waals surface area contributed by atoms with E-state index < -0.39 is 17.6 Å². The lowest BCUT2D eigenvalue weighted by Gasteiger charge is -2.14. The van der Waals surface area contributed by atoms with Crippen LogP contribution in [0.4, 0.5) is 17.6 Å². The van der Waals surface area contributed by atoms with Crippen molar-refractivity contribution in [3.8, 4) is 0 Å². The van der Waals surface area contributed by atoms with Crippen LogP contribution in [0.25, 0.3) is 0 Å². The SMILES string of the molecule is Cc1cccc(CC(Br)c2ccc(F)c(C(F)(F)F)c2)c1. The van der Waals surface area contributed by atoms with Crippen molar-refractivity contribution in [1.82, 2.24) is 0 Å². The Morgan fingerprint density at radius 2 is 1.81 bits per heavy atom. The van der Waals surface area contributed by atoms with Crippen molar-refractivity contribution in [1.29, 1.82) is 0 Å². The van der Waals surface area contributed by atoms with E-state index >= 15 is 0 Å². The Bertz CT molecular complexity index is 634. The van der Waals surface area contributed by atoms with Gasteiger partial charge in [0.15, 0.2) is 0 Å². The minimum absolute atomic E-state index is 0.305. The predicted molar refractivity (Wildman–Crippen MR) is 78.0 cm³/mol. The van der Waals surface area contributed by atoms with Crippen LogP contribution in [0.2, 0.25) is 0 Å². The normalized spacial score (nSPS) is 13.2. The van der Waals surface area contributed by atoms with Gasteiger partial charge in [-0.2, -0.15) is 13.2 Å². The largest absolute Gasteiger partial charge is 0.419 e. The van der Waals surface area contributed by atoms with Crippen LogP contribution in [-0.2, 0) is 12.6 Å². The Balaban J connectivity index is 2.25. The van der Waals surface area contributed by atoms with Crippen LogP contribution < -0.4 is 0 Å². The van der Waals surface area contributed by atoms with Gasteiger partial charge >= 0.3 is 6.18 Å². The third kappa shape index (κ3) is 4.06. The summed E-state index contributed by atoms with van der Waals surface area (Å²) in [4.78, 5) is -0.305. The average Bonchev–Trinajstić information content (AvgIpc) is 2.37. The molecule has 2 rings (SSSR count). The van der Waals surface area contributed by atoms with E-state index in [1.54, 1.807) is 0 Å². The van der Waals surface area contributed by atoms with Gasteiger partial charge in [-0.05, 0) is 36.6 Å². The molecule has 2 aromatic rings. The highest BCUT2D eigenvalue weighted by molar-refractivity contribution is 9.09.